The fraction of sp³-hybridized carbons (Fsp3) is 0.421. The summed E-state index contributed by atoms with van der Waals surface area (Å²) in [4.78, 5) is 23.0. The van der Waals surface area contributed by atoms with Crippen LogP contribution in [0.5, 0.6) is 0 Å². The normalized spacial score (nSPS) is 12.7. The van der Waals surface area contributed by atoms with E-state index in [9.17, 15) is 4.80 Å². The lowest BCUT2D eigenvalue weighted by Gasteiger charge is -2.35. The number of aryl methyl sites for hydroxylation is 2. The number of nitrogens with two attached hydrogens (primary N) is 1. The number of hydrogen-bond donors (Lipinski definition) is 2. The van der Waals surface area contributed by atoms with Crippen molar-refractivity contribution in [2.75, 3.05) is 5.73 Å². The van der Waals surface area contributed by atoms with Gasteiger partial charge in [0, 0.05) is 6.54 Å². The summed E-state index contributed by atoms with van der Waals surface area (Å²) in [5.41, 5.74) is 9.41. The van der Waals surface area contributed by atoms with Crippen molar-refractivity contribution in [3.05, 3.63) is 46.9 Å². The van der Waals surface area contributed by atoms with Crippen LogP contribution < -0.4 is 5.73 Å². The van der Waals surface area contributed by atoms with Gasteiger partial charge in [-0.15, -0.1) is 0 Å². The third-order valence-electron chi connectivity index (χ3n) is 5.37. The maximum Gasteiger partial charge on any atom is 0.223 e. The Labute approximate surface area is 165 Å². The number of nitrogens with zero attached hydrogens (tertiary/aromatic N) is 4. The van der Waals surface area contributed by atoms with Crippen molar-refractivity contribution in [2.45, 2.75) is 51.4 Å². The van der Waals surface area contributed by atoms with Crippen molar-refractivity contribution in [2.24, 2.45) is 0 Å². The second-order valence-electron chi connectivity index (χ2n) is 8.17. The molecule has 144 valence electrons. The minimum Gasteiger partial charge on any atom is -0.432 e. The monoisotopic (exact) mass is 403 g/mol. The molecule has 6 nitrogen and oxygen atoms in total. The molecule has 0 radical (unpaired) electrons. The van der Waals surface area contributed by atoms with Crippen molar-refractivity contribution < 1.29 is 4.80 Å². The number of hydrogen-bond acceptors (Lipinski definition) is 5. The van der Waals surface area contributed by atoms with Crippen LogP contribution in [0.3, 0.4) is 0 Å². The molecule has 1 aromatic carbocycles. The number of rotatable bonds is 6. The molecule has 0 saturated carbocycles. The van der Waals surface area contributed by atoms with Crippen LogP contribution >= 0.6 is 11.6 Å². The largest absolute Gasteiger partial charge is 0.432 e. The molecule has 0 amide bonds. The molecule has 2 aromatic heterocycles. The van der Waals surface area contributed by atoms with Gasteiger partial charge in [0.05, 0.1) is 6.33 Å². The van der Waals surface area contributed by atoms with Gasteiger partial charge in [0.25, 0.3) is 0 Å². The predicted molar refractivity (Wildman–Crippen MR) is 112 cm³/mol. The second-order valence-corrected chi connectivity index (χ2v) is 13.0. The summed E-state index contributed by atoms with van der Waals surface area (Å²) in [7, 11) is -2.24. The molecule has 2 heterocycles. The van der Waals surface area contributed by atoms with Crippen molar-refractivity contribution in [1.29, 1.82) is 0 Å². The van der Waals surface area contributed by atoms with Crippen LogP contribution in [0, 0.1) is 0 Å². The molecule has 0 bridgehead atoms. The van der Waals surface area contributed by atoms with E-state index in [0.29, 0.717) is 11.2 Å². The molecule has 0 fully saturated rings. The van der Waals surface area contributed by atoms with Crippen LogP contribution in [-0.4, -0.2) is 32.6 Å². The van der Waals surface area contributed by atoms with Crippen LogP contribution in [0.2, 0.25) is 23.3 Å². The molecule has 0 saturated heterocycles. The molecule has 27 heavy (non-hydrogen) atoms. The Morgan fingerprint density at radius 1 is 1.22 bits per heavy atom. The first kappa shape index (κ1) is 19.8. The van der Waals surface area contributed by atoms with Gasteiger partial charge < -0.3 is 15.1 Å². The Hall–Kier alpha value is -1.96. The Bertz CT molecular complexity index is 964. The average molecular weight is 404 g/mol. The first-order valence-corrected chi connectivity index (χ1v) is 12.3. The predicted octanol–water partition coefficient (Wildman–Crippen LogP) is 3.82. The minimum absolute atomic E-state index is 0.0859. The Morgan fingerprint density at radius 3 is 2.63 bits per heavy atom. The molecule has 3 aromatic rings. The molecular weight excluding hydrogens is 378 g/mol. The van der Waals surface area contributed by atoms with Crippen molar-refractivity contribution in [1.82, 2.24) is 19.5 Å². The van der Waals surface area contributed by atoms with Crippen LogP contribution in [0.1, 0.15) is 25.0 Å². The van der Waals surface area contributed by atoms with E-state index in [0.717, 1.165) is 19.4 Å². The highest BCUT2D eigenvalue weighted by Crippen LogP contribution is 2.38. The Morgan fingerprint density at radius 2 is 1.93 bits per heavy atom. The number of halogens is 1. The lowest BCUT2D eigenvalue weighted by Crippen LogP contribution is -2.40. The van der Waals surface area contributed by atoms with Gasteiger partial charge in [-0.1, -0.05) is 49.7 Å². The molecular formula is C19H26ClN5OSi. The first-order chi connectivity index (χ1) is 12.6. The highest BCUT2D eigenvalue weighted by molar-refractivity contribution is 6.72. The summed E-state index contributed by atoms with van der Waals surface area (Å²) >= 11 is 6.09. The fourth-order valence-electron chi connectivity index (χ4n) is 2.96. The quantitative estimate of drug-likeness (QED) is 0.482. The minimum atomic E-state index is -2.24. The van der Waals surface area contributed by atoms with Crippen molar-refractivity contribution in [3.8, 4) is 0 Å². The smallest absolute Gasteiger partial charge is 0.223 e. The highest BCUT2D eigenvalue weighted by Gasteiger charge is 2.37. The van der Waals surface area contributed by atoms with Gasteiger partial charge in [0.1, 0.15) is 5.52 Å². The molecule has 3 rings (SSSR count). The van der Waals surface area contributed by atoms with E-state index in [2.05, 4.69) is 53.1 Å². The standard InChI is InChI=1S/C19H26ClN5OSi/c1-19(2,27(3,4)26)11-14-7-5-6-13(10-14)8-9-25-12-22-15-16(20)23-18(21)24-17(15)25/h5-7,10,12,26H,8-9,11H2,1-4H3,(H2,21,23,24). The van der Waals surface area contributed by atoms with E-state index in [1.807, 2.05) is 17.7 Å². The van der Waals surface area contributed by atoms with E-state index in [4.69, 9.17) is 17.3 Å². The van der Waals surface area contributed by atoms with E-state index >= 15 is 0 Å². The second kappa shape index (κ2) is 7.22. The number of fused-ring (bicyclic) bond motifs is 1. The lowest BCUT2D eigenvalue weighted by molar-refractivity contribution is 0.467. The summed E-state index contributed by atoms with van der Waals surface area (Å²) in [5.74, 6) is 0.147. The molecule has 0 unspecified atom stereocenters. The number of benzene rings is 1. The summed E-state index contributed by atoms with van der Waals surface area (Å²) in [6.07, 6.45) is 3.42. The molecule has 0 atom stereocenters. The van der Waals surface area contributed by atoms with Gasteiger partial charge in [-0.2, -0.15) is 9.97 Å². The molecule has 0 aliphatic rings. The van der Waals surface area contributed by atoms with Crippen LogP contribution in [0.25, 0.3) is 11.2 Å². The number of imidazole rings is 1. The third-order valence-corrected chi connectivity index (χ3v) is 9.13. The van der Waals surface area contributed by atoms with Crippen molar-refractivity contribution in [3.63, 3.8) is 0 Å². The number of aromatic nitrogens is 4. The zero-order valence-electron chi connectivity index (χ0n) is 16.2. The van der Waals surface area contributed by atoms with Gasteiger partial charge in [0.15, 0.2) is 19.1 Å². The van der Waals surface area contributed by atoms with Crippen LogP contribution in [0.15, 0.2) is 30.6 Å². The molecule has 0 aliphatic carbocycles. The van der Waals surface area contributed by atoms with Crippen LogP contribution in [0.4, 0.5) is 5.95 Å². The van der Waals surface area contributed by atoms with Gasteiger partial charge in [-0.3, -0.25) is 0 Å². The average Bonchev–Trinajstić information content (AvgIpc) is 2.95. The van der Waals surface area contributed by atoms with Gasteiger partial charge in [-0.25, -0.2) is 4.98 Å². The summed E-state index contributed by atoms with van der Waals surface area (Å²) < 4.78 is 1.94. The fourth-order valence-corrected chi connectivity index (χ4v) is 3.82. The van der Waals surface area contributed by atoms with Crippen LogP contribution in [-0.2, 0) is 19.4 Å². The number of nitrogen functional groups attached to an aromatic ring is 1. The maximum absolute atomic E-state index is 10.5. The molecule has 8 heteroatoms. The van der Waals surface area contributed by atoms with Gasteiger partial charge in [-0.05, 0) is 42.1 Å². The molecule has 3 N–H and O–H groups in total. The first-order valence-electron chi connectivity index (χ1n) is 9.01. The summed E-state index contributed by atoms with van der Waals surface area (Å²) in [6, 6.07) is 8.55. The Kier molecular flexibility index (Phi) is 5.29. The number of anilines is 1. The zero-order chi connectivity index (χ0) is 19.8. The van der Waals surface area contributed by atoms with Gasteiger partial charge in [0.2, 0.25) is 5.95 Å². The van der Waals surface area contributed by atoms with E-state index in [-0.39, 0.29) is 16.1 Å². The molecule has 0 aliphatic heterocycles. The topological polar surface area (TPSA) is 89.9 Å². The van der Waals surface area contributed by atoms with E-state index < -0.39 is 8.32 Å². The summed E-state index contributed by atoms with van der Waals surface area (Å²) in [5, 5.41) is 0.188. The SMILES string of the molecule is CC(C)(Cc1cccc(CCn2cnc3c(Cl)nc(N)nc32)c1)[Si](C)(C)O. The van der Waals surface area contributed by atoms with Gasteiger partial charge >= 0.3 is 0 Å². The van der Waals surface area contributed by atoms with E-state index in [1.165, 1.54) is 11.1 Å². The highest BCUT2D eigenvalue weighted by atomic mass is 35.5. The third kappa shape index (κ3) is 4.31. The lowest BCUT2D eigenvalue weighted by atomic mass is 9.99. The Balaban J connectivity index is 1.76. The maximum atomic E-state index is 10.5. The summed E-state index contributed by atoms with van der Waals surface area (Å²) in [6.45, 7) is 9.02. The van der Waals surface area contributed by atoms with Crippen molar-refractivity contribution >= 4 is 37.0 Å². The zero-order valence-corrected chi connectivity index (χ0v) is 18.0. The molecule has 0 spiro atoms. The van der Waals surface area contributed by atoms with E-state index in [1.54, 1.807) is 6.33 Å².